The molecule has 0 radical (unpaired) electrons. The third kappa shape index (κ3) is 8.24. The molecule has 0 fully saturated rings. The summed E-state index contributed by atoms with van der Waals surface area (Å²) in [6, 6.07) is 14.1. The molecule has 0 heterocycles. The number of hydrogen-bond donors (Lipinski definition) is 3. The van der Waals surface area contributed by atoms with Gasteiger partial charge in [-0.2, -0.15) is 0 Å². The van der Waals surface area contributed by atoms with Crippen LogP contribution in [-0.2, 0) is 12.8 Å². The van der Waals surface area contributed by atoms with E-state index in [-0.39, 0.29) is 35.7 Å². The van der Waals surface area contributed by atoms with Crippen molar-refractivity contribution in [2.75, 3.05) is 26.7 Å². The van der Waals surface area contributed by atoms with E-state index in [1.807, 2.05) is 25.1 Å². The van der Waals surface area contributed by atoms with E-state index in [2.05, 4.69) is 20.9 Å². The van der Waals surface area contributed by atoms with E-state index in [0.29, 0.717) is 18.7 Å². The highest BCUT2D eigenvalue weighted by Gasteiger charge is 2.04. The van der Waals surface area contributed by atoms with Crippen molar-refractivity contribution in [3.05, 3.63) is 71.0 Å². The maximum absolute atomic E-state index is 12.9. The molecule has 0 aliphatic rings. The van der Waals surface area contributed by atoms with Crippen molar-refractivity contribution in [3.8, 4) is 0 Å². The van der Waals surface area contributed by atoms with Crippen molar-refractivity contribution in [1.29, 1.82) is 0 Å². The molecule has 0 saturated heterocycles. The average molecular weight is 498 g/mol. The van der Waals surface area contributed by atoms with Gasteiger partial charge in [-0.3, -0.25) is 9.79 Å². The highest BCUT2D eigenvalue weighted by molar-refractivity contribution is 14.0. The lowest BCUT2D eigenvalue weighted by Gasteiger charge is -2.12. The Morgan fingerprint density at radius 3 is 2.46 bits per heavy atom. The van der Waals surface area contributed by atoms with Crippen LogP contribution in [0.4, 0.5) is 4.39 Å². The Bertz CT molecular complexity index is 765. The molecule has 1 amide bonds. The first kappa shape index (κ1) is 23.9. The Balaban J connectivity index is 0.00000392. The molecule has 152 valence electrons. The molecule has 0 aliphatic carbocycles. The van der Waals surface area contributed by atoms with E-state index in [4.69, 9.17) is 0 Å². The topological polar surface area (TPSA) is 65.5 Å². The third-order valence-electron chi connectivity index (χ3n) is 4.05. The molecule has 0 bridgehead atoms. The van der Waals surface area contributed by atoms with Crippen LogP contribution in [0.2, 0.25) is 0 Å². The maximum Gasteiger partial charge on any atom is 0.251 e. The van der Waals surface area contributed by atoms with E-state index in [9.17, 15) is 9.18 Å². The lowest BCUT2D eigenvalue weighted by molar-refractivity contribution is 0.0963. The van der Waals surface area contributed by atoms with Gasteiger partial charge in [-0.1, -0.05) is 24.3 Å². The molecular weight excluding hydrogens is 470 g/mol. The van der Waals surface area contributed by atoms with Gasteiger partial charge in [-0.25, -0.2) is 4.39 Å². The zero-order valence-electron chi connectivity index (χ0n) is 16.3. The lowest BCUT2D eigenvalue weighted by Crippen LogP contribution is -2.38. The number of amides is 1. The molecule has 0 aliphatic heterocycles. The van der Waals surface area contributed by atoms with Crippen molar-refractivity contribution in [3.63, 3.8) is 0 Å². The summed E-state index contributed by atoms with van der Waals surface area (Å²) in [5.74, 6) is 0.445. The number of halogens is 2. The van der Waals surface area contributed by atoms with Crippen molar-refractivity contribution < 1.29 is 9.18 Å². The molecule has 2 rings (SSSR count). The van der Waals surface area contributed by atoms with Crippen LogP contribution in [0.1, 0.15) is 28.4 Å². The molecule has 0 atom stereocenters. The minimum atomic E-state index is -0.224. The SMILES string of the molecule is CCNC(=NCCc1ccc(F)cc1)NCCc1cccc(C(=O)NC)c1.I. The summed E-state index contributed by atoms with van der Waals surface area (Å²) in [7, 11) is 1.63. The van der Waals surface area contributed by atoms with E-state index in [1.54, 1.807) is 25.2 Å². The van der Waals surface area contributed by atoms with Crippen LogP contribution in [0, 0.1) is 5.82 Å². The summed E-state index contributed by atoms with van der Waals surface area (Å²) in [5.41, 5.74) is 2.81. The van der Waals surface area contributed by atoms with Crippen molar-refractivity contribution in [1.82, 2.24) is 16.0 Å². The van der Waals surface area contributed by atoms with Crippen LogP contribution in [0.25, 0.3) is 0 Å². The Morgan fingerprint density at radius 1 is 1.04 bits per heavy atom. The second kappa shape index (κ2) is 13.1. The highest BCUT2D eigenvalue weighted by Crippen LogP contribution is 2.06. The van der Waals surface area contributed by atoms with Gasteiger partial charge in [0.2, 0.25) is 0 Å². The summed E-state index contributed by atoms with van der Waals surface area (Å²) in [6.45, 7) is 4.12. The van der Waals surface area contributed by atoms with Crippen LogP contribution < -0.4 is 16.0 Å². The fourth-order valence-corrected chi connectivity index (χ4v) is 2.63. The first-order valence-corrected chi connectivity index (χ1v) is 9.20. The van der Waals surface area contributed by atoms with Gasteiger partial charge in [-0.15, -0.1) is 24.0 Å². The predicted molar refractivity (Wildman–Crippen MR) is 123 cm³/mol. The minimum absolute atomic E-state index is 0. The fourth-order valence-electron chi connectivity index (χ4n) is 2.63. The molecule has 28 heavy (non-hydrogen) atoms. The summed E-state index contributed by atoms with van der Waals surface area (Å²) in [4.78, 5) is 16.3. The smallest absolute Gasteiger partial charge is 0.251 e. The standard InChI is InChI=1S/C21H27FN4O.HI/c1-3-24-21(25-13-11-16-7-9-19(22)10-8-16)26-14-12-17-5-4-6-18(15-17)20(27)23-2;/h4-10,15H,3,11-14H2,1-2H3,(H,23,27)(H2,24,25,26);1H. The Kier molecular flexibility index (Phi) is 11.2. The van der Waals surface area contributed by atoms with Crippen LogP contribution >= 0.6 is 24.0 Å². The van der Waals surface area contributed by atoms with Gasteiger partial charge in [0.15, 0.2) is 5.96 Å². The molecular formula is C21H28FIN4O. The number of hydrogen-bond acceptors (Lipinski definition) is 2. The van der Waals surface area contributed by atoms with Gasteiger partial charge >= 0.3 is 0 Å². The predicted octanol–water partition coefficient (Wildman–Crippen LogP) is 3.14. The molecule has 0 unspecified atom stereocenters. The summed E-state index contributed by atoms with van der Waals surface area (Å²) in [6.07, 6.45) is 1.54. The number of carbonyl (C=O) groups is 1. The monoisotopic (exact) mass is 498 g/mol. The first-order chi connectivity index (χ1) is 13.1. The third-order valence-corrected chi connectivity index (χ3v) is 4.05. The zero-order valence-corrected chi connectivity index (χ0v) is 18.6. The largest absolute Gasteiger partial charge is 0.357 e. The number of nitrogens with one attached hydrogen (secondary N) is 3. The number of rotatable bonds is 8. The molecule has 0 aromatic heterocycles. The van der Waals surface area contributed by atoms with Crippen LogP contribution in [-0.4, -0.2) is 38.5 Å². The van der Waals surface area contributed by atoms with E-state index in [0.717, 1.165) is 36.5 Å². The number of benzene rings is 2. The molecule has 0 saturated carbocycles. The zero-order chi connectivity index (χ0) is 19.5. The van der Waals surface area contributed by atoms with Crippen molar-refractivity contribution in [2.45, 2.75) is 19.8 Å². The van der Waals surface area contributed by atoms with Crippen LogP contribution in [0.5, 0.6) is 0 Å². The number of aliphatic imine (C=N–C) groups is 1. The Labute approximate surface area is 183 Å². The maximum atomic E-state index is 12.9. The molecule has 3 N–H and O–H groups in total. The summed E-state index contributed by atoms with van der Waals surface area (Å²) < 4.78 is 12.9. The molecule has 2 aromatic rings. The van der Waals surface area contributed by atoms with Gasteiger partial charge in [0, 0.05) is 32.2 Å². The highest BCUT2D eigenvalue weighted by atomic mass is 127. The van der Waals surface area contributed by atoms with Gasteiger partial charge in [0.1, 0.15) is 5.82 Å². The normalized spacial score (nSPS) is 10.8. The summed E-state index contributed by atoms with van der Waals surface area (Å²) in [5, 5.41) is 9.16. The minimum Gasteiger partial charge on any atom is -0.357 e. The second-order valence-electron chi connectivity index (χ2n) is 6.09. The van der Waals surface area contributed by atoms with Gasteiger partial charge in [-0.05, 0) is 55.2 Å². The number of guanidine groups is 1. The second-order valence-corrected chi connectivity index (χ2v) is 6.09. The number of carbonyl (C=O) groups excluding carboxylic acids is 1. The van der Waals surface area contributed by atoms with Crippen LogP contribution in [0.15, 0.2) is 53.5 Å². The van der Waals surface area contributed by atoms with Crippen molar-refractivity contribution >= 4 is 35.8 Å². The van der Waals surface area contributed by atoms with Crippen LogP contribution in [0.3, 0.4) is 0 Å². The van der Waals surface area contributed by atoms with Crippen molar-refractivity contribution in [2.24, 2.45) is 4.99 Å². The lowest BCUT2D eigenvalue weighted by atomic mass is 10.1. The van der Waals surface area contributed by atoms with Gasteiger partial charge in [0.25, 0.3) is 5.91 Å². The van der Waals surface area contributed by atoms with E-state index in [1.165, 1.54) is 12.1 Å². The molecule has 2 aromatic carbocycles. The Hall–Kier alpha value is -2.16. The molecule has 7 heteroatoms. The van der Waals surface area contributed by atoms with E-state index < -0.39 is 0 Å². The molecule has 0 spiro atoms. The first-order valence-electron chi connectivity index (χ1n) is 9.20. The molecule has 5 nitrogen and oxygen atoms in total. The van der Waals surface area contributed by atoms with E-state index >= 15 is 0 Å². The Morgan fingerprint density at radius 2 is 1.79 bits per heavy atom. The summed E-state index contributed by atoms with van der Waals surface area (Å²) >= 11 is 0. The van der Waals surface area contributed by atoms with Gasteiger partial charge < -0.3 is 16.0 Å². The average Bonchev–Trinajstić information content (AvgIpc) is 2.69. The van der Waals surface area contributed by atoms with Gasteiger partial charge in [0.05, 0.1) is 0 Å². The quantitative estimate of drug-likeness (QED) is 0.298. The fraction of sp³-hybridized carbons (Fsp3) is 0.333. The number of nitrogens with zero attached hydrogens (tertiary/aromatic N) is 1.